The molecule has 2 fully saturated rings. The zero-order chi connectivity index (χ0) is 35.7. The number of hydrogen-bond donors (Lipinski definition) is 2. The minimum atomic E-state index is -0.283. The van der Waals surface area contributed by atoms with E-state index in [1.165, 1.54) is 69.1 Å². The van der Waals surface area contributed by atoms with Gasteiger partial charge in [-0.05, 0) is 141 Å². The number of aliphatic imine (C=N–C) groups is 4. The van der Waals surface area contributed by atoms with Gasteiger partial charge in [-0.1, -0.05) is 0 Å². The molecule has 2 N–H and O–H groups in total. The summed E-state index contributed by atoms with van der Waals surface area (Å²) in [6, 6.07) is 25.8. The van der Waals surface area contributed by atoms with Gasteiger partial charge in [0, 0.05) is 60.1 Å². The van der Waals surface area contributed by atoms with E-state index in [2.05, 4.69) is 79.0 Å². The molecule has 1 atom stereocenters. The number of nitrogens with zero attached hydrogens (tertiary/aromatic N) is 6. The van der Waals surface area contributed by atoms with E-state index in [1.54, 1.807) is 24.3 Å². The van der Waals surface area contributed by atoms with Crippen molar-refractivity contribution in [3.05, 3.63) is 125 Å². The number of dihydropyridines is 1. The van der Waals surface area contributed by atoms with Gasteiger partial charge in [0.15, 0.2) is 0 Å². The second-order valence-corrected chi connectivity index (χ2v) is 14.1. The van der Waals surface area contributed by atoms with Crippen LogP contribution in [-0.2, 0) is 0 Å². The Morgan fingerprint density at radius 2 is 1.11 bits per heavy atom. The van der Waals surface area contributed by atoms with Gasteiger partial charge in [-0.2, -0.15) is 0 Å². The average Bonchev–Trinajstić information content (AvgIpc) is 3.20. The third-order valence-electron chi connectivity index (χ3n) is 10.6. The smallest absolute Gasteiger partial charge is 0.145 e. The van der Waals surface area contributed by atoms with Crippen LogP contribution in [0.3, 0.4) is 0 Å². The number of rotatable bonds is 8. The van der Waals surface area contributed by atoms with Crippen LogP contribution in [0.1, 0.15) is 49.7 Å². The van der Waals surface area contributed by atoms with Gasteiger partial charge >= 0.3 is 0 Å². The van der Waals surface area contributed by atoms with Crippen LogP contribution < -0.4 is 20.4 Å². The second-order valence-electron chi connectivity index (χ2n) is 14.1. The zero-order valence-electron chi connectivity index (χ0n) is 29.4. The third-order valence-corrected chi connectivity index (χ3v) is 10.6. The lowest BCUT2D eigenvalue weighted by Gasteiger charge is -2.31. The second kappa shape index (κ2) is 14.3. The Bertz CT molecular complexity index is 2110. The van der Waals surface area contributed by atoms with Crippen molar-refractivity contribution in [3.63, 3.8) is 0 Å². The summed E-state index contributed by atoms with van der Waals surface area (Å²) in [6.45, 7) is 4.07. The lowest BCUT2D eigenvalue weighted by Crippen LogP contribution is -2.32. The third kappa shape index (κ3) is 6.89. The molecule has 1 unspecified atom stereocenters. The van der Waals surface area contributed by atoms with Crippen LogP contribution in [0.25, 0.3) is 5.70 Å². The fraction of sp³-hybridized carbons (Fsp3) is 0.256. The van der Waals surface area contributed by atoms with Crippen LogP contribution in [0.2, 0.25) is 0 Å². The number of nitrogens with one attached hydrogen (secondary N) is 2. The van der Waals surface area contributed by atoms with E-state index in [4.69, 9.17) is 9.98 Å². The molecule has 0 bridgehead atoms. The number of benzene rings is 4. The van der Waals surface area contributed by atoms with E-state index in [9.17, 15) is 8.78 Å². The van der Waals surface area contributed by atoms with E-state index in [0.717, 1.165) is 88.4 Å². The molecule has 5 aliphatic heterocycles. The van der Waals surface area contributed by atoms with Crippen LogP contribution in [0, 0.1) is 17.6 Å². The Balaban J connectivity index is 1.12. The van der Waals surface area contributed by atoms with Crippen molar-refractivity contribution in [1.29, 1.82) is 0 Å². The van der Waals surface area contributed by atoms with Crippen molar-refractivity contribution in [2.45, 2.75) is 38.5 Å². The van der Waals surface area contributed by atoms with Crippen LogP contribution >= 0.6 is 0 Å². The molecule has 0 aliphatic carbocycles. The molecule has 0 aromatic heterocycles. The molecule has 0 radical (unpaired) electrons. The van der Waals surface area contributed by atoms with Gasteiger partial charge in [0.25, 0.3) is 0 Å². The Hall–Kier alpha value is -5.90. The Morgan fingerprint density at radius 1 is 0.566 bits per heavy atom. The van der Waals surface area contributed by atoms with Gasteiger partial charge in [-0.15, -0.1) is 0 Å². The van der Waals surface area contributed by atoms with Crippen LogP contribution in [-0.4, -0.2) is 49.9 Å². The normalized spacial score (nSPS) is 19.4. The maximum absolute atomic E-state index is 13.9. The molecule has 10 heteroatoms. The molecule has 0 amide bonds. The number of allylic oxidation sites excluding steroid dienone is 2. The highest BCUT2D eigenvalue weighted by Gasteiger charge is 2.35. The van der Waals surface area contributed by atoms with Crippen molar-refractivity contribution in [3.8, 4) is 0 Å². The number of halogens is 2. The summed E-state index contributed by atoms with van der Waals surface area (Å²) in [5.41, 5.74) is 9.97. The molecule has 4 aromatic rings. The highest BCUT2D eigenvalue weighted by atomic mass is 19.1. The molecular weight excluding hydrogens is 667 g/mol. The van der Waals surface area contributed by atoms with E-state index in [0.29, 0.717) is 11.7 Å². The minimum Gasteiger partial charge on any atom is -0.371 e. The van der Waals surface area contributed by atoms with Gasteiger partial charge in [-0.3, -0.25) is 0 Å². The lowest BCUT2D eigenvalue weighted by atomic mass is 9.86. The first-order valence-electron chi connectivity index (χ1n) is 18.6. The van der Waals surface area contributed by atoms with Gasteiger partial charge in [0.05, 0.1) is 22.8 Å². The van der Waals surface area contributed by atoms with Gasteiger partial charge in [-0.25, -0.2) is 28.8 Å². The standard InChI is InChI=1S/C43H40F2N8/c44-29-7-11-31(12-8-29)48-39-25-33(52-19-3-1-4-20-52)15-17-35(39)37-23-28-24-38(51-43-41(28)42(50-37)46-27-47-43)36-18-16-34(53-21-5-2-6-22-53)26-40(36)49-32-13-9-30(45)10-14-32/h7-18,23-27,41,48-49H,1-6,19-22H2. The summed E-state index contributed by atoms with van der Waals surface area (Å²) >= 11 is 0. The predicted octanol–water partition coefficient (Wildman–Crippen LogP) is 9.67. The maximum atomic E-state index is 13.9. The highest BCUT2D eigenvalue weighted by molar-refractivity contribution is 6.27. The Morgan fingerprint density at radius 3 is 1.70 bits per heavy atom. The van der Waals surface area contributed by atoms with E-state index < -0.39 is 0 Å². The molecule has 5 heterocycles. The summed E-state index contributed by atoms with van der Waals surface area (Å²) in [7, 11) is 0. The van der Waals surface area contributed by atoms with E-state index >= 15 is 0 Å². The van der Waals surface area contributed by atoms with Crippen molar-refractivity contribution in [2.75, 3.05) is 46.6 Å². The topological polar surface area (TPSA) is 80.0 Å². The summed E-state index contributed by atoms with van der Waals surface area (Å²) in [5.74, 6) is 0.433. The van der Waals surface area contributed by atoms with Crippen molar-refractivity contribution in [2.24, 2.45) is 25.9 Å². The minimum absolute atomic E-state index is 0.281. The van der Waals surface area contributed by atoms with Crippen molar-refractivity contribution in [1.82, 2.24) is 0 Å². The van der Waals surface area contributed by atoms with Crippen molar-refractivity contribution < 1.29 is 8.78 Å². The van der Waals surface area contributed by atoms with Gasteiger partial charge in [0.2, 0.25) is 0 Å². The first kappa shape index (κ1) is 33.0. The number of amidine groups is 2. The number of anilines is 6. The Kier molecular flexibility index (Phi) is 8.87. The quantitative estimate of drug-likeness (QED) is 0.191. The zero-order valence-corrected chi connectivity index (χ0v) is 29.4. The monoisotopic (exact) mass is 706 g/mol. The molecule has 2 saturated heterocycles. The molecule has 9 rings (SSSR count). The van der Waals surface area contributed by atoms with Crippen LogP contribution in [0.4, 0.5) is 42.9 Å². The number of piperidine rings is 2. The molecule has 53 heavy (non-hydrogen) atoms. The first-order valence-corrected chi connectivity index (χ1v) is 18.6. The molecule has 5 aliphatic rings. The van der Waals surface area contributed by atoms with Crippen LogP contribution in [0.5, 0.6) is 0 Å². The van der Waals surface area contributed by atoms with Crippen molar-refractivity contribution >= 4 is 63.5 Å². The Labute approximate surface area is 308 Å². The molecule has 8 nitrogen and oxygen atoms in total. The highest BCUT2D eigenvalue weighted by Crippen LogP contribution is 2.40. The maximum Gasteiger partial charge on any atom is 0.145 e. The summed E-state index contributed by atoms with van der Waals surface area (Å²) < 4.78 is 27.7. The summed E-state index contributed by atoms with van der Waals surface area (Å²) in [6.07, 6.45) is 12.9. The fourth-order valence-electron chi connectivity index (χ4n) is 7.80. The van der Waals surface area contributed by atoms with E-state index in [1.807, 2.05) is 0 Å². The molecule has 0 spiro atoms. The molecule has 0 saturated carbocycles. The summed E-state index contributed by atoms with van der Waals surface area (Å²) in [4.78, 5) is 24.3. The largest absolute Gasteiger partial charge is 0.371 e. The predicted molar refractivity (Wildman–Crippen MR) is 214 cm³/mol. The van der Waals surface area contributed by atoms with Crippen LogP contribution in [0.15, 0.2) is 123 Å². The molecule has 266 valence electrons. The number of hydrogen-bond acceptors (Lipinski definition) is 8. The fourth-order valence-corrected chi connectivity index (χ4v) is 7.80. The average molecular weight is 707 g/mol. The lowest BCUT2D eigenvalue weighted by molar-refractivity contribution is 0.578. The van der Waals surface area contributed by atoms with Gasteiger partial charge < -0.3 is 20.4 Å². The SMILES string of the molecule is Fc1ccc(Nc2cc(N3CCCCC3)ccc2C2=CC3=CC(c4ccc(N5CCCCC5)cc4Nc4ccc(F)cc4)=NC4=NC=NC(=N2)C34)cc1. The summed E-state index contributed by atoms with van der Waals surface area (Å²) in [5, 5.41) is 7.12. The first-order chi connectivity index (χ1) is 26.0. The van der Waals surface area contributed by atoms with Gasteiger partial charge in [0.1, 0.15) is 35.6 Å². The molecule has 4 aromatic carbocycles. The molecular formula is C43H40F2N8. The van der Waals surface area contributed by atoms with E-state index in [-0.39, 0.29) is 17.6 Å².